The highest BCUT2D eigenvalue weighted by Crippen LogP contribution is 2.26. The predicted octanol–water partition coefficient (Wildman–Crippen LogP) is 4.79. The summed E-state index contributed by atoms with van der Waals surface area (Å²) >= 11 is 11.1. The van der Waals surface area contributed by atoms with Crippen LogP contribution >= 0.6 is 39.3 Å². The number of thioether (sulfide) groups is 1. The maximum atomic E-state index is 5.98. The Morgan fingerprint density at radius 3 is 2.62 bits per heavy atom. The maximum absolute atomic E-state index is 5.98. The van der Waals surface area contributed by atoms with Gasteiger partial charge in [-0.25, -0.2) is 4.98 Å². The van der Waals surface area contributed by atoms with Crippen LogP contribution < -0.4 is 0 Å². The van der Waals surface area contributed by atoms with E-state index in [0.717, 1.165) is 15.8 Å². The molecule has 4 heteroatoms. The SMILES string of the molecule is Clc1ncccc1CSc1ccc(Br)cc1. The Labute approximate surface area is 112 Å². The second kappa shape index (κ2) is 5.71. The van der Waals surface area contributed by atoms with Gasteiger partial charge in [0.15, 0.2) is 0 Å². The van der Waals surface area contributed by atoms with E-state index < -0.39 is 0 Å². The number of benzene rings is 1. The molecular weight excluding hydrogens is 306 g/mol. The average molecular weight is 315 g/mol. The zero-order chi connectivity index (χ0) is 11.4. The van der Waals surface area contributed by atoms with Crippen molar-refractivity contribution in [2.24, 2.45) is 0 Å². The van der Waals surface area contributed by atoms with Crippen LogP contribution in [0, 0.1) is 0 Å². The number of aromatic nitrogens is 1. The van der Waals surface area contributed by atoms with E-state index in [0.29, 0.717) is 5.15 Å². The molecule has 1 aromatic carbocycles. The fourth-order valence-corrected chi connectivity index (χ4v) is 2.63. The van der Waals surface area contributed by atoms with Gasteiger partial charge in [0, 0.05) is 21.3 Å². The molecule has 1 heterocycles. The van der Waals surface area contributed by atoms with Crippen LogP contribution in [-0.2, 0) is 5.75 Å². The molecule has 0 aliphatic rings. The van der Waals surface area contributed by atoms with Gasteiger partial charge in [0.2, 0.25) is 0 Å². The largest absolute Gasteiger partial charge is 0.244 e. The van der Waals surface area contributed by atoms with Crippen LogP contribution in [0.5, 0.6) is 0 Å². The van der Waals surface area contributed by atoms with Gasteiger partial charge in [-0.3, -0.25) is 0 Å². The van der Waals surface area contributed by atoms with Crippen molar-refractivity contribution in [3.05, 3.63) is 57.8 Å². The van der Waals surface area contributed by atoms with Gasteiger partial charge in [-0.1, -0.05) is 33.6 Å². The summed E-state index contributed by atoms with van der Waals surface area (Å²) in [4.78, 5) is 5.28. The number of hydrogen-bond acceptors (Lipinski definition) is 2. The summed E-state index contributed by atoms with van der Waals surface area (Å²) in [5, 5.41) is 0.590. The van der Waals surface area contributed by atoms with Crippen molar-refractivity contribution in [3.63, 3.8) is 0 Å². The first kappa shape index (κ1) is 12.0. The highest BCUT2D eigenvalue weighted by atomic mass is 79.9. The van der Waals surface area contributed by atoms with E-state index in [2.05, 4.69) is 33.0 Å². The summed E-state index contributed by atoms with van der Waals surface area (Å²) in [5.74, 6) is 0.842. The molecule has 0 aliphatic carbocycles. The fourth-order valence-electron chi connectivity index (χ4n) is 1.22. The molecular formula is C12H9BrClNS. The van der Waals surface area contributed by atoms with E-state index in [1.165, 1.54) is 4.90 Å². The first-order chi connectivity index (χ1) is 7.75. The quantitative estimate of drug-likeness (QED) is 0.597. The maximum Gasteiger partial charge on any atom is 0.133 e. The van der Waals surface area contributed by atoms with Crippen molar-refractivity contribution in [2.45, 2.75) is 10.6 Å². The number of nitrogens with zero attached hydrogens (tertiary/aromatic N) is 1. The lowest BCUT2D eigenvalue weighted by atomic mass is 10.3. The molecule has 0 fully saturated rings. The summed E-state index contributed by atoms with van der Waals surface area (Å²) in [6.07, 6.45) is 1.70. The van der Waals surface area contributed by atoms with Crippen LogP contribution in [0.1, 0.15) is 5.56 Å². The Hall–Kier alpha value is -0.510. The monoisotopic (exact) mass is 313 g/mol. The van der Waals surface area contributed by atoms with Crippen molar-refractivity contribution < 1.29 is 0 Å². The van der Waals surface area contributed by atoms with Crippen LogP contribution in [-0.4, -0.2) is 4.98 Å². The highest BCUT2D eigenvalue weighted by molar-refractivity contribution is 9.10. The van der Waals surface area contributed by atoms with E-state index >= 15 is 0 Å². The molecule has 0 saturated carbocycles. The number of rotatable bonds is 3. The van der Waals surface area contributed by atoms with Crippen molar-refractivity contribution in [2.75, 3.05) is 0 Å². The average Bonchev–Trinajstić information content (AvgIpc) is 2.30. The molecule has 0 atom stereocenters. The van der Waals surface area contributed by atoms with Crippen LogP contribution in [0.25, 0.3) is 0 Å². The van der Waals surface area contributed by atoms with Crippen molar-refractivity contribution in [1.29, 1.82) is 0 Å². The van der Waals surface area contributed by atoms with Gasteiger partial charge in [0.05, 0.1) is 0 Å². The molecule has 0 unspecified atom stereocenters. The van der Waals surface area contributed by atoms with Crippen LogP contribution in [0.3, 0.4) is 0 Å². The molecule has 0 amide bonds. The third kappa shape index (κ3) is 3.24. The molecule has 0 N–H and O–H groups in total. The first-order valence-electron chi connectivity index (χ1n) is 4.73. The molecule has 0 radical (unpaired) electrons. The Morgan fingerprint density at radius 1 is 1.19 bits per heavy atom. The summed E-state index contributed by atoms with van der Waals surface area (Å²) in [7, 11) is 0. The van der Waals surface area contributed by atoms with E-state index in [1.54, 1.807) is 18.0 Å². The zero-order valence-corrected chi connectivity index (χ0v) is 11.5. The van der Waals surface area contributed by atoms with Crippen LogP contribution in [0.15, 0.2) is 52.0 Å². The van der Waals surface area contributed by atoms with Gasteiger partial charge in [-0.05, 0) is 35.9 Å². The molecule has 0 bridgehead atoms. The van der Waals surface area contributed by atoms with E-state index in [1.807, 2.05) is 24.3 Å². The van der Waals surface area contributed by atoms with E-state index in [4.69, 9.17) is 11.6 Å². The molecule has 0 aliphatic heterocycles. The van der Waals surface area contributed by atoms with Gasteiger partial charge in [-0.2, -0.15) is 0 Å². The van der Waals surface area contributed by atoms with Crippen molar-refractivity contribution >= 4 is 39.3 Å². The molecule has 82 valence electrons. The minimum Gasteiger partial charge on any atom is -0.244 e. The lowest BCUT2D eigenvalue weighted by Crippen LogP contribution is -1.84. The standard InChI is InChI=1S/C12H9BrClNS/c13-10-3-5-11(6-4-10)16-8-9-2-1-7-15-12(9)14/h1-7H,8H2. The van der Waals surface area contributed by atoms with Crippen LogP contribution in [0.4, 0.5) is 0 Å². The summed E-state index contributed by atoms with van der Waals surface area (Å²) in [6, 6.07) is 12.1. The Bertz CT molecular complexity index is 473. The van der Waals surface area contributed by atoms with Gasteiger partial charge >= 0.3 is 0 Å². The Kier molecular flexibility index (Phi) is 4.27. The third-order valence-electron chi connectivity index (χ3n) is 2.04. The lowest BCUT2D eigenvalue weighted by molar-refractivity contribution is 1.25. The number of halogens is 2. The molecule has 1 nitrogen and oxygen atoms in total. The fraction of sp³-hybridized carbons (Fsp3) is 0.0833. The predicted molar refractivity (Wildman–Crippen MR) is 73.0 cm³/mol. The van der Waals surface area contributed by atoms with Gasteiger partial charge in [0.1, 0.15) is 5.15 Å². The lowest BCUT2D eigenvalue weighted by Gasteiger charge is -2.03. The molecule has 1 aromatic heterocycles. The second-order valence-electron chi connectivity index (χ2n) is 3.20. The van der Waals surface area contributed by atoms with E-state index in [-0.39, 0.29) is 0 Å². The Balaban J connectivity index is 2.02. The molecule has 2 rings (SSSR count). The van der Waals surface area contributed by atoms with E-state index in [9.17, 15) is 0 Å². The molecule has 0 saturated heterocycles. The summed E-state index contributed by atoms with van der Waals surface area (Å²) in [6.45, 7) is 0. The Morgan fingerprint density at radius 2 is 1.94 bits per heavy atom. The van der Waals surface area contributed by atoms with Gasteiger partial charge < -0.3 is 0 Å². The minimum atomic E-state index is 0.590. The number of hydrogen-bond donors (Lipinski definition) is 0. The molecule has 2 aromatic rings. The first-order valence-corrected chi connectivity index (χ1v) is 6.89. The minimum absolute atomic E-state index is 0.590. The van der Waals surface area contributed by atoms with Gasteiger partial charge in [-0.15, -0.1) is 11.8 Å². The smallest absolute Gasteiger partial charge is 0.133 e. The highest BCUT2D eigenvalue weighted by Gasteiger charge is 2.01. The summed E-state index contributed by atoms with van der Waals surface area (Å²) in [5.41, 5.74) is 1.07. The van der Waals surface area contributed by atoms with Crippen molar-refractivity contribution in [1.82, 2.24) is 4.98 Å². The second-order valence-corrected chi connectivity index (χ2v) is 5.52. The van der Waals surface area contributed by atoms with Crippen LogP contribution in [0.2, 0.25) is 5.15 Å². The molecule has 16 heavy (non-hydrogen) atoms. The zero-order valence-electron chi connectivity index (χ0n) is 8.36. The third-order valence-corrected chi connectivity index (χ3v) is 3.97. The van der Waals surface area contributed by atoms with Crippen molar-refractivity contribution in [3.8, 4) is 0 Å². The normalized spacial score (nSPS) is 10.4. The molecule has 0 spiro atoms. The summed E-state index contributed by atoms with van der Waals surface area (Å²) < 4.78 is 1.09. The van der Waals surface area contributed by atoms with Gasteiger partial charge in [0.25, 0.3) is 0 Å². The number of pyridine rings is 1. The topological polar surface area (TPSA) is 12.9 Å².